The van der Waals surface area contributed by atoms with Crippen LogP contribution in [0.15, 0.2) is 11.6 Å². The predicted molar refractivity (Wildman–Crippen MR) is 122 cm³/mol. The second-order valence-electron chi connectivity index (χ2n) is 13.1. The molecule has 5 rings (SSSR count). The molecule has 0 saturated heterocycles. The quantitative estimate of drug-likeness (QED) is 0.453. The first-order valence-electron chi connectivity index (χ1n) is 13.0. The van der Waals surface area contributed by atoms with Crippen LogP contribution in [-0.2, 0) is 4.79 Å². The molecular weight excluding hydrogens is 368 g/mol. The Hall–Kier alpha value is -0.790. The van der Waals surface area contributed by atoms with Crippen molar-refractivity contribution in [3.8, 4) is 0 Å². The van der Waals surface area contributed by atoms with Crippen LogP contribution < -0.4 is 0 Å². The number of carboxylic acid groups (broad SMARTS) is 1. The van der Waals surface area contributed by atoms with E-state index in [0.717, 1.165) is 49.9 Å². The molecule has 168 valence electrons. The molecule has 4 fully saturated rings. The molecule has 2 nitrogen and oxygen atoms in total. The molecule has 2 heteroatoms. The van der Waals surface area contributed by atoms with Crippen LogP contribution in [0.3, 0.4) is 0 Å². The van der Waals surface area contributed by atoms with Crippen molar-refractivity contribution in [3.63, 3.8) is 0 Å². The highest BCUT2D eigenvalue weighted by molar-refractivity contribution is 5.76. The van der Waals surface area contributed by atoms with Gasteiger partial charge >= 0.3 is 5.97 Å². The molecule has 0 heterocycles. The summed E-state index contributed by atoms with van der Waals surface area (Å²) in [6, 6.07) is 0. The molecule has 5 aliphatic rings. The minimum atomic E-state index is -0.508. The van der Waals surface area contributed by atoms with Gasteiger partial charge in [0.1, 0.15) is 0 Å². The third-order valence-electron chi connectivity index (χ3n) is 12.2. The Balaban J connectivity index is 1.59. The first-order chi connectivity index (χ1) is 14.1. The van der Waals surface area contributed by atoms with E-state index in [-0.39, 0.29) is 11.3 Å². The van der Waals surface area contributed by atoms with Crippen LogP contribution >= 0.6 is 0 Å². The van der Waals surface area contributed by atoms with E-state index in [1.165, 1.54) is 38.5 Å². The molecule has 5 aliphatic carbocycles. The molecule has 0 aromatic rings. The SMILES string of the molecule is CC1CCC2(C(=O)O)CC[C@]3(C)C(=CCC4C5(C)CCCC(C)C5CCC43C)C2C1. The highest BCUT2D eigenvalue weighted by Crippen LogP contribution is 2.74. The van der Waals surface area contributed by atoms with Crippen LogP contribution in [0.2, 0.25) is 0 Å². The predicted octanol–water partition coefficient (Wildman–Crippen LogP) is 7.48. The Labute approximate surface area is 184 Å². The summed E-state index contributed by atoms with van der Waals surface area (Å²) in [7, 11) is 0. The molecule has 1 N–H and O–H groups in total. The van der Waals surface area contributed by atoms with Crippen molar-refractivity contribution < 1.29 is 9.90 Å². The van der Waals surface area contributed by atoms with Crippen LogP contribution in [0.4, 0.5) is 0 Å². The molecule has 0 radical (unpaired) electrons. The highest BCUT2D eigenvalue weighted by Gasteiger charge is 2.67. The molecule has 0 aromatic heterocycles. The molecule has 8 unspecified atom stereocenters. The van der Waals surface area contributed by atoms with Gasteiger partial charge in [-0.1, -0.05) is 59.1 Å². The number of fused-ring (bicyclic) bond motifs is 7. The van der Waals surface area contributed by atoms with Crippen LogP contribution in [0.25, 0.3) is 0 Å². The maximum absolute atomic E-state index is 12.6. The monoisotopic (exact) mass is 412 g/mol. The fraction of sp³-hybridized carbons (Fsp3) is 0.893. The van der Waals surface area contributed by atoms with Gasteiger partial charge in [0.05, 0.1) is 5.41 Å². The van der Waals surface area contributed by atoms with E-state index in [9.17, 15) is 9.90 Å². The van der Waals surface area contributed by atoms with Crippen LogP contribution in [0, 0.1) is 51.2 Å². The fourth-order valence-electron chi connectivity index (χ4n) is 10.2. The Kier molecular flexibility index (Phi) is 4.64. The first-order valence-corrected chi connectivity index (χ1v) is 13.0. The zero-order chi connectivity index (χ0) is 21.5. The van der Waals surface area contributed by atoms with E-state index in [1.54, 1.807) is 5.57 Å². The molecule has 30 heavy (non-hydrogen) atoms. The number of hydrogen-bond donors (Lipinski definition) is 1. The van der Waals surface area contributed by atoms with Crippen molar-refractivity contribution in [2.75, 3.05) is 0 Å². The van der Waals surface area contributed by atoms with Gasteiger partial charge in [-0.3, -0.25) is 4.79 Å². The highest BCUT2D eigenvalue weighted by atomic mass is 16.4. The van der Waals surface area contributed by atoms with E-state index >= 15 is 0 Å². The number of carboxylic acids is 1. The second-order valence-corrected chi connectivity index (χ2v) is 13.1. The zero-order valence-electron chi connectivity index (χ0n) is 20.1. The Morgan fingerprint density at radius 1 is 1.00 bits per heavy atom. The van der Waals surface area contributed by atoms with Gasteiger partial charge in [0.2, 0.25) is 0 Å². The van der Waals surface area contributed by atoms with Crippen molar-refractivity contribution >= 4 is 5.97 Å². The Bertz CT molecular complexity index is 769. The van der Waals surface area contributed by atoms with E-state index in [1.807, 2.05) is 0 Å². The minimum Gasteiger partial charge on any atom is -0.481 e. The van der Waals surface area contributed by atoms with Crippen LogP contribution in [-0.4, -0.2) is 11.1 Å². The molecule has 0 aromatic carbocycles. The molecule has 0 bridgehead atoms. The number of carbonyl (C=O) groups is 1. The maximum atomic E-state index is 12.6. The summed E-state index contributed by atoms with van der Waals surface area (Å²) >= 11 is 0. The number of rotatable bonds is 1. The lowest BCUT2D eigenvalue weighted by molar-refractivity contribution is -0.177. The summed E-state index contributed by atoms with van der Waals surface area (Å²) in [5.74, 6) is 2.94. The van der Waals surface area contributed by atoms with Gasteiger partial charge in [-0.25, -0.2) is 0 Å². The largest absolute Gasteiger partial charge is 0.481 e. The van der Waals surface area contributed by atoms with E-state index in [0.29, 0.717) is 16.7 Å². The number of aliphatic carboxylic acids is 1. The summed E-state index contributed by atoms with van der Waals surface area (Å²) in [5.41, 5.74) is 2.07. The zero-order valence-corrected chi connectivity index (χ0v) is 20.1. The molecule has 0 amide bonds. The number of hydrogen-bond acceptors (Lipinski definition) is 1. The number of allylic oxidation sites excluding steroid dienone is 2. The Morgan fingerprint density at radius 3 is 2.50 bits per heavy atom. The van der Waals surface area contributed by atoms with Crippen molar-refractivity contribution in [2.45, 2.75) is 105 Å². The van der Waals surface area contributed by atoms with E-state index in [4.69, 9.17) is 0 Å². The lowest BCUT2D eigenvalue weighted by atomic mass is 9.35. The lowest BCUT2D eigenvalue weighted by Gasteiger charge is -2.69. The van der Waals surface area contributed by atoms with Crippen molar-refractivity contribution in [1.29, 1.82) is 0 Å². The van der Waals surface area contributed by atoms with Gasteiger partial charge < -0.3 is 5.11 Å². The van der Waals surface area contributed by atoms with E-state index in [2.05, 4.69) is 40.7 Å². The third-order valence-corrected chi connectivity index (χ3v) is 12.2. The molecule has 0 spiro atoms. The van der Waals surface area contributed by atoms with Crippen molar-refractivity contribution in [1.82, 2.24) is 0 Å². The van der Waals surface area contributed by atoms with Gasteiger partial charge in [0.15, 0.2) is 0 Å². The third kappa shape index (κ3) is 2.46. The average Bonchev–Trinajstić information content (AvgIpc) is 2.68. The van der Waals surface area contributed by atoms with Crippen LogP contribution in [0.1, 0.15) is 105 Å². The summed E-state index contributed by atoms with van der Waals surface area (Å²) in [4.78, 5) is 12.6. The lowest BCUT2D eigenvalue weighted by Crippen LogP contribution is -2.62. The summed E-state index contributed by atoms with van der Waals surface area (Å²) < 4.78 is 0. The summed E-state index contributed by atoms with van der Waals surface area (Å²) in [6.07, 6.45) is 15.8. The van der Waals surface area contributed by atoms with Gasteiger partial charge in [-0.2, -0.15) is 0 Å². The standard InChI is InChI=1S/C28H44O2/c1-18-10-14-28(24(29)30)16-15-26(4)21(22(28)17-18)8-9-23-25(3)12-6-7-19(2)20(25)11-13-27(23,26)5/h8,18-20,22-23H,6-7,9-17H2,1-5H3,(H,29,30)/t18?,19?,20?,22?,23?,25?,26-,27?,28?/m1/s1. The fourth-order valence-corrected chi connectivity index (χ4v) is 10.2. The first kappa shape index (κ1) is 21.1. The topological polar surface area (TPSA) is 37.3 Å². The van der Waals surface area contributed by atoms with E-state index < -0.39 is 11.4 Å². The van der Waals surface area contributed by atoms with Gasteiger partial charge in [-0.05, 0) is 104 Å². The normalized spacial score (nSPS) is 55.4. The van der Waals surface area contributed by atoms with Gasteiger partial charge in [0, 0.05) is 0 Å². The molecule has 4 saturated carbocycles. The smallest absolute Gasteiger partial charge is 0.310 e. The Morgan fingerprint density at radius 2 is 1.77 bits per heavy atom. The summed E-state index contributed by atoms with van der Waals surface area (Å²) in [5, 5.41) is 10.4. The molecular formula is C28H44O2. The average molecular weight is 413 g/mol. The van der Waals surface area contributed by atoms with Gasteiger partial charge in [0.25, 0.3) is 0 Å². The molecule has 9 atom stereocenters. The molecule has 0 aliphatic heterocycles. The second kappa shape index (κ2) is 6.61. The maximum Gasteiger partial charge on any atom is 0.310 e. The van der Waals surface area contributed by atoms with Crippen LogP contribution in [0.5, 0.6) is 0 Å². The van der Waals surface area contributed by atoms with Crippen molar-refractivity contribution in [3.05, 3.63) is 11.6 Å². The van der Waals surface area contributed by atoms with Gasteiger partial charge in [-0.15, -0.1) is 0 Å². The summed E-state index contributed by atoms with van der Waals surface area (Å²) in [6.45, 7) is 12.7. The van der Waals surface area contributed by atoms with Crippen molar-refractivity contribution in [2.24, 2.45) is 51.2 Å². The minimum absolute atomic E-state index is 0.186.